The number of nitrogens with zero attached hydrogens (tertiary/aromatic N) is 2. The molecule has 1 aromatic heterocycles. The Morgan fingerprint density at radius 2 is 2.23 bits per heavy atom. The number of hydrogen-bond acceptors (Lipinski definition) is 3. The third-order valence-corrected chi connectivity index (χ3v) is 2.52. The number of nitrogen functional groups attached to an aromatic ring is 1. The van der Waals surface area contributed by atoms with Gasteiger partial charge in [-0.05, 0) is 19.8 Å². The molecule has 1 aliphatic heterocycles. The molecule has 0 bridgehead atoms. The van der Waals surface area contributed by atoms with Crippen LogP contribution in [0.15, 0.2) is 6.20 Å². The average molecular weight is 181 g/mol. The van der Waals surface area contributed by atoms with Gasteiger partial charge in [0.15, 0.2) is 0 Å². The Bertz CT molecular complexity index is 270. The van der Waals surface area contributed by atoms with Gasteiger partial charge in [0.05, 0.1) is 6.04 Å². The SMILES string of the molecule is Cc1cn(C2CCOCC2)nc1N. The number of rotatable bonds is 1. The summed E-state index contributed by atoms with van der Waals surface area (Å²) in [7, 11) is 0. The number of aryl methyl sites for hydroxylation is 1. The second-order valence-corrected chi connectivity index (χ2v) is 3.52. The van der Waals surface area contributed by atoms with Crippen molar-refractivity contribution in [3.05, 3.63) is 11.8 Å². The van der Waals surface area contributed by atoms with Crippen LogP contribution in [-0.4, -0.2) is 23.0 Å². The third-order valence-electron chi connectivity index (χ3n) is 2.52. The highest BCUT2D eigenvalue weighted by molar-refractivity contribution is 5.35. The summed E-state index contributed by atoms with van der Waals surface area (Å²) in [5, 5.41) is 4.27. The maximum atomic E-state index is 5.68. The minimum absolute atomic E-state index is 0.477. The van der Waals surface area contributed by atoms with Gasteiger partial charge >= 0.3 is 0 Å². The largest absolute Gasteiger partial charge is 0.382 e. The van der Waals surface area contributed by atoms with Crippen LogP contribution in [0.5, 0.6) is 0 Å². The van der Waals surface area contributed by atoms with Crippen LogP contribution in [-0.2, 0) is 4.74 Å². The molecule has 0 radical (unpaired) electrons. The maximum absolute atomic E-state index is 5.68. The van der Waals surface area contributed by atoms with E-state index in [0.29, 0.717) is 11.9 Å². The Morgan fingerprint density at radius 3 is 2.77 bits per heavy atom. The lowest BCUT2D eigenvalue weighted by Crippen LogP contribution is -2.20. The van der Waals surface area contributed by atoms with E-state index < -0.39 is 0 Å². The lowest BCUT2D eigenvalue weighted by atomic mass is 10.1. The molecule has 1 aromatic rings. The van der Waals surface area contributed by atoms with Crippen LogP contribution < -0.4 is 5.73 Å². The van der Waals surface area contributed by atoms with E-state index in [9.17, 15) is 0 Å². The molecule has 0 aromatic carbocycles. The fourth-order valence-corrected chi connectivity index (χ4v) is 1.63. The molecular weight excluding hydrogens is 166 g/mol. The summed E-state index contributed by atoms with van der Waals surface area (Å²) in [5.74, 6) is 0.645. The molecule has 4 nitrogen and oxygen atoms in total. The zero-order chi connectivity index (χ0) is 9.26. The molecule has 0 amide bonds. The first kappa shape index (κ1) is 8.56. The summed E-state index contributed by atoms with van der Waals surface area (Å²) in [6, 6.07) is 0.477. The Balaban J connectivity index is 2.14. The summed E-state index contributed by atoms with van der Waals surface area (Å²) in [6.45, 7) is 3.66. The summed E-state index contributed by atoms with van der Waals surface area (Å²) in [6.07, 6.45) is 4.10. The van der Waals surface area contributed by atoms with Gasteiger partial charge in [-0.15, -0.1) is 0 Å². The van der Waals surface area contributed by atoms with Crippen molar-refractivity contribution in [2.75, 3.05) is 18.9 Å². The van der Waals surface area contributed by atoms with E-state index in [2.05, 4.69) is 5.10 Å². The smallest absolute Gasteiger partial charge is 0.148 e. The Morgan fingerprint density at radius 1 is 1.54 bits per heavy atom. The van der Waals surface area contributed by atoms with Crippen LogP contribution in [0, 0.1) is 6.92 Å². The molecule has 2 N–H and O–H groups in total. The molecule has 13 heavy (non-hydrogen) atoms. The van der Waals surface area contributed by atoms with Crippen molar-refractivity contribution >= 4 is 5.82 Å². The Hall–Kier alpha value is -1.03. The zero-order valence-corrected chi connectivity index (χ0v) is 7.86. The number of ether oxygens (including phenoxy) is 1. The number of aromatic nitrogens is 2. The second kappa shape index (κ2) is 3.38. The van der Waals surface area contributed by atoms with E-state index in [4.69, 9.17) is 10.5 Å². The molecule has 2 rings (SSSR count). The van der Waals surface area contributed by atoms with Crippen molar-refractivity contribution < 1.29 is 4.74 Å². The molecule has 4 heteroatoms. The van der Waals surface area contributed by atoms with E-state index >= 15 is 0 Å². The molecule has 0 aliphatic carbocycles. The molecule has 0 saturated carbocycles. The van der Waals surface area contributed by atoms with Crippen LogP contribution in [0.2, 0.25) is 0 Å². The lowest BCUT2D eigenvalue weighted by molar-refractivity contribution is 0.0663. The van der Waals surface area contributed by atoms with Gasteiger partial charge in [0.1, 0.15) is 5.82 Å². The van der Waals surface area contributed by atoms with Gasteiger partial charge in [-0.3, -0.25) is 4.68 Å². The van der Waals surface area contributed by atoms with Crippen LogP contribution in [0.3, 0.4) is 0 Å². The van der Waals surface area contributed by atoms with Gasteiger partial charge in [-0.25, -0.2) is 0 Å². The lowest BCUT2D eigenvalue weighted by Gasteiger charge is -2.22. The first-order chi connectivity index (χ1) is 6.27. The van der Waals surface area contributed by atoms with Gasteiger partial charge in [0.2, 0.25) is 0 Å². The second-order valence-electron chi connectivity index (χ2n) is 3.52. The molecule has 0 unspecified atom stereocenters. The summed E-state index contributed by atoms with van der Waals surface area (Å²) >= 11 is 0. The predicted molar refractivity (Wildman–Crippen MR) is 50.5 cm³/mol. The number of hydrogen-bond donors (Lipinski definition) is 1. The molecule has 0 spiro atoms. The average Bonchev–Trinajstić information content (AvgIpc) is 2.49. The van der Waals surface area contributed by atoms with E-state index in [0.717, 1.165) is 31.6 Å². The summed E-state index contributed by atoms with van der Waals surface area (Å²) < 4.78 is 7.27. The molecular formula is C9H15N3O. The van der Waals surface area contributed by atoms with E-state index in [-0.39, 0.29) is 0 Å². The minimum atomic E-state index is 0.477. The zero-order valence-electron chi connectivity index (χ0n) is 7.86. The van der Waals surface area contributed by atoms with Gasteiger partial charge in [-0.2, -0.15) is 5.10 Å². The van der Waals surface area contributed by atoms with Gasteiger partial charge in [0, 0.05) is 25.0 Å². The molecule has 0 atom stereocenters. The molecule has 2 heterocycles. The third kappa shape index (κ3) is 1.67. The van der Waals surface area contributed by atoms with Crippen LogP contribution in [0.25, 0.3) is 0 Å². The standard InChI is InChI=1S/C9H15N3O/c1-7-6-12(11-9(7)10)8-2-4-13-5-3-8/h6,8H,2-5H2,1H3,(H2,10,11). The first-order valence-electron chi connectivity index (χ1n) is 4.66. The summed E-state index contributed by atoms with van der Waals surface area (Å²) in [5.41, 5.74) is 6.75. The highest BCUT2D eigenvalue weighted by atomic mass is 16.5. The van der Waals surface area contributed by atoms with E-state index in [1.807, 2.05) is 17.8 Å². The van der Waals surface area contributed by atoms with Gasteiger partial charge in [-0.1, -0.05) is 0 Å². The van der Waals surface area contributed by atoms with Gasteiger partial charge < -0.3 is 10.5 Å². The number of anilines is 1. The highest BCUT2D eigenvalue weighted by Gasteiger charge is 2.16. The fraction of sp³-hybridized carbons (Fsp3) is 0.667. The van der Waals surface area contributed by atoms with Crippen molar-refractivity contribution in [2.45, 2.75) is 25.8 Å². The first-order valence-corrected chi connectivity index (χ1v) is 4.66. The quantitative estimate of drug-likeness (QED) is 0.706. The Labute approximate surface area is 77.7 Å². The summed E-state index contributed by atoms with van der Waals surface area (Å²) in [4.78, 5) is 0. The van der Waals surface area contributed by atoms with Crippen molar-refractivity contribution in [2.24, 2.45) is 0 Å². The minimum Gasteiger partial charge on any atom is -0.382 e. The number of nitrogens with two attached hydrogens (primary N) is 1. The van der Waals surface area contributed by atoms with Crippen molar-refractivity contribution in [1.82, 2.24) is 9.78 Å². The molecule has 1 aliphatic rings. The van der Waals surface area contributed by atoms with Crippen LogP contribution in [0.4, 0.5) is 5.82 Å². The fourth-order valence-electron chi connectivity index (χ4n) is 1.63. The van der Waals surface area contributed by atoms with Crippen molar-refractivity contribution in [3.8, 4) is 0 Å². The Kier molecular flexibility index (Phi) is 2.22. The van der Waals surface area contributed by atoms with Gasteiger partial charge in [0.25, 0.3) is 0 Å². The monoisotopic (exact) mass is 181 g/mol. The maximum Gasteiger partial charge on any atom is 0.148 e. The van der Waals surface area contributed by atoms with Crippen LogP contribution >= 0.6 is 0 Å². The van der Waals surface area contributed by atoms with Crippen molar-refractivity contribution in [3.63, 3.8) is 0 Å². The molecule has 72 valence electrons. The van der Waals surface area contributed by atoms with Crippen molar-refractivity contribution in [1.29, 1.82) is 0 Å². The molecule has 1 fully saturated rings. The van der Waals surface area contributed by atoms with Crippen LogP contribution in [0.1, 0.15) is 24.4 Å². The normalized spacial score (nSPS) is 19.2. The van der Waals surface area contributed by atoms with E-state index in [1.165, 1.54) is 0 Å². The topological polar surface area (TPSA) is 53.1 Å². The predicted octanol–water partition coefficient (Wildman–Crippen LogP) is 1.13. The highest BCUT2D eigenvalue weighted by Crippen LogP contribution is 2.21. The van der Waals surface area contributed by atoms with E-state index in [1.54, 1.807) is 0 Å². The molecule has 1 saturated heterocycles.